The molecule has 0 fully saturated rings. The van der Waals surface area contributed by atoms with Gasteiger partial charge in [0.2, 0.25) is 15.9 Å². The molecule has 0 atom stereocenters. The largest absolute Gasteiger partial charge is 0.326 e. The Morgan fingerprint density at radius 2 is 1.48 bits per heavy atom. The van der Waals surface area contributed by atoms with Crippen molar-refractivity contribution in [2.75, 3.05) is 18.4 Å². The molecule has 158 valence electrons. The van der Waals surface area contributed by atoms with E-state index in [1.165, 1.54) is 0 Å². The highest BCUT2D eigenvalue weighted by molar-refractivity contribution is 9.10. The fraction of sp³-hybridized carbons (Fsp3) is 0.409. The third kappa shape index (κ3) is 7.24. The Bertz CT molecular complexity index is 873. The minimum Gasteiger partial charge on any atom is -0.326 e. The van der Waals surface area contributed by atoms with Crippen LogP contribution in [-0.2, 0) is 21.2 Å². The van der Waals surface area contributed by atoms with Crippen LogP contribution >= 0.6 is 15.9 Å². The average molecular weight is 481 g/mol. The van der Waals surface area contributed by atoms with Crippen molar-refractivity contribution >= 4 is 37.5 Å². The molecule has 0 radical (unpaired) electrons. The van der Waals surface area contributed by atoms with Crippen molar-refractivity contribution in [2.45, 2.75) is 50.8 Å². The molecular formula is C22H29BrN2O3S. The number of carbonyl (C=O) groups excluding carboxylic acids is 1. The summed E-state index contributed by atoms with van der Waals surface area (Å²) in [6, 6.07) is 14.0. The van der Waals surface area contributed by atoms with Crippen LogP contribution in [0.5, 0.6) is 0 Å². The number of carbonyl (C=O) groups is 1. The fourth-order valence-electron chi connectivity index (χ4n) is 2.87. The lowest BCUT2D eigenvalue weighted by Gasteiger charge is -2.22. The molecule has 2 aromatic rings. The summed E-state index contributed by atoms with van der Waals surface area (Å²) >= 11 is 3.37. The summed E-state index contributed by atoms with van der Waals surface area (Å²) in [6.07, 6.45) is 3.83. The zero-order valence-electron chi connectivity index (χ0n) is 17.0. The van der Waals surface area contributed by atoms with Gasteiger partial charge in [0.1, 0.15) is 0 Å². The maximum absolute atomic E-state index is 13.0. The number of unbranched alkanes of at least 4 members (excludes halogenated alkanes) is 2. The van der Waals surface area contributed by atoms with Gasteiger partial charge in [0.25, 0.3) is 0 Å². The van der Waals surface area contributed by atoms with E-state index in [2.05, 4.69) is 35.1 Å². The highest BCUT2D eigenvalue weighted by Gasteiger charge is 2.23. The summed E-state index contributed by atoms with van der Waals surface area (Å²) in [5.41, 5.74) is 1.49. The molecule has 0 aliphatic rings. The van der Waals surface area contributed by atoms with E-state index in [1.807, 2.05) is 24.3 Å². The standard InChI is InChI=1S/C22H29BrN2O3S/c1-3-5-15-25(16-6-4-2)29(27,28)21-13-11-20(12-14-21)24-22(26)17-18-7-9-19(23)10-8-18/h7-14H,3-6,15-17H2,1-2H3,(H,24,26). The first kappa shape index (κ1) is 23.6. The first-order chi connectivity index (χ1) is 13.9. The van der Waals surface area contributed by atoms with Crippen molar-refractivity contribution < 1.29 is 13.2 Å². The average Bonchev–Trinajstić information content (AvgIpc) is 2.70. The van der Waals surface area contributed by atoms with Crippen molar-refractivity contribution in [1.82, 2.24) is 4.31 Å². The van der Waals surface area contributed by atoms with Gasteiger partial charge in [-0.1, -0.05) is 54.8 Å². The van der Waals surface area contributed by atoms with Crippen LogP contribution in [0.1, 0.15) is 45.1 Å². The van der Waals surface area contributed by atoms with E-state index in [0.717, 1.165) is 35.7 Å². The molecule has 1 N–H and O–H groups in total. The smallest absolute Gasteiger partial charge is 0.243 e. The van der Waals surface area contributed by atoms with Gasteiger partial charge in [-0.3, -0.25) is 4.79 Å². The molecule has 1 amide bonds. The summed E-state index contributed by atoms with van der Waals surface area (Å²) in [4.78, 5) is 12.5. The van der Waals surface area contributed by atoms with Crippen LogP contribution < -0.4 is 5.32 Å². The van der Waals surface area contributed by atoms with Crippen molar-refractivity contribution in [3.63, 3.8) is 0 Å². The third-order valence-electron chi connectivity index (χ3n) is 4.58. The summed E-state index contributed by atoms with van der Waals surface area (Å²) in [7, 11) is -3.53. The Morgan fingerprint density at radius 1 is 0.931 bits per heavy atom. The molecule has 2 aromatic carbocycles. The quantitative estimate of drug-likeness (QED) is 0.479. The van der Waals surface area contributed by atoms with Crippen LogP contribution in [0.2, 0.25) is 0 Å². The molecule has 5 nitrogen and oxygen atoms in total. The Labute approximate surface area is 182 Å². The predicted molar refractivity (Wildman–Crippen MR) is 121 cm³/mol. The van der Waals surface area contributed by atoms with E-state index in [-0.39, 0.29) is 17.2 Å². The predicted octanol–water partition coefficient (Wildman–Crippen LogP) is 5.22. The minimum absolute atomic E-state index is 0.143. The van der Waals surface area contributed by atoms with Gasteiger partial charge in [-0.15, -0.1) is 0 Å². The van der Waals surface area contributed by atoms with Gasteiger partial charge in [-0.25, -0.2) is 8.42 Å². The van der Waals surface area contributed by atoms with E-state index < -0.39 is 10.0 Å². The maximum atomic E-state index is 13.0. The summed E-state index contributed by atoms with van der Waals surface area (Å²) in [6.45, 7) is 5.17. The van der Waals surface area contributed by atoms with Gasteiger partial charge in [-0.2, -0.15) is 4.31 Å². The first-order valence-electron chi connectivity index (χ1n) is 10.0. The Balaban J connectivity index is 2.05. The van der Waals surface area contributed by atoms with Crippen LogP contribution in [0, 0.1) is 0 Å². The zero-order chi connectivity index (χ0) is 21.3. The summed E-state index contributed by atoms with van der Waals surface area (Å²) < 4.78 is 28.5. The zero-order valence-corrected chi connectivity index (χ0v) is 19.4. The molecule has 0 unspecified atom stereocenters. The number of halogens is 1. The normalized spacial score (nSPS) is 11.6. The highest BCUT2D eigenvalue weighted by Crippen LogP contribution is 2.20. The number of amides is 1. The molecule has 7 heteroatoms. The lowest BCUT2D eigenvalue weighted by Crippen LogP contribution is -2.33. The molecule has 0 saturated carbocycles. The van der Waals surface area contributed by atoms with Gasteiger partial charge < -0.3 is 5.32 Å². The molecule has 0 spiro atoms. The van der Waals surface area contributed by atoms with Gasteiger partial charge >= 0.3 is 0 Å². The van der Waals surface area contributed by atoms with Crippen LogP contribution in [0.3, 0.4) is 0 Å². The van der Waals surface area contributed by atoms with Crippen LogP contribution in [-0.4, -0.2) is 31.7 Å². The van der Waals surface area contributed by atoms with Crippen molar-refractivity contribution in [3.05, 3.63) is 58.6 Å². The fourth-order valence-corrected chi connectivity index (χ4v) is 4.65. The Hall–Kier alpha value is -1.70. The third-order valence-corrected chi connectivity index (χ3v) is 7.02. The molecule has 0 bridgehead atoms. The van der Waals surface area contributed by atoms with Crippen molar-refractivity contribution in [3.8, 4) is 0 Å². The van der Waals surface area contributed by atoms with E-state index in [1.54, 1.807) is 28.6 Å². The van der Waals surface area contributed by atoms with Gasteiger partial charge in [0.15, 0.2) is 0 Å². The van der Waals surface area contributed by atoms with Gasteiger partial charge in [0.05, 0.1) is 11.3 Å². The van der Waals surface area contributed by atoms with Crippen molar-refractivity contribution in [1.29, 1.82) is 0 Å². The number of nitrogens with zero attached hydrogens (tertiary/aromatic N) is 1. The molecule has 0 aromatic heterocycles. The summed E-state index contributed by atoms with van der Waals surface area (Å²) in [5, 5.41) is 2.82. The second-order valence-corrected chi connectivity index (χ2v) is 9.84. The monoisotopic (exact) mass is 480 g/mol. The van der Waals surface area contributed by atoms with Crippen LogP contribution in [0.15, 0.2) is 57.9 Å². The van der Waals surface area contributed by atoms with E-state index in [9.17, 15) is 13.2 Å². The maximum Gasteiger partial charge on any atom is 0.243 e. The highest BCUT2D eigenvalue weighted by atomic mass is 79.9. The van der Waals surface area contributed by atoms with Crippen LogP contribution in [0.25, 0.3) is 0 Å². The second kappa shape index (κ2) is 11.5. The minimum atomic E-state index is -3.53. The van der Waals surface area contributed by atoms with E-state index in [0.29, 0.717) is 18.8 Å². The molecule has 2 rings (SSSR count). The molecule has 0 saturated heterocycles. The number of rotatable bonds is 11. The number of hydrogen-bond donors (Lipinski definition) is 1. The number of anilines is 1. The molecule has 0 aliphatic heterocycles. The second-order valence-electron chi connectivity index (χ2n) is 6.99. The number of hydrogen-bond acceptors (Lipinski definition) is 3. The number of sulfonamides is 1. The topological polar surface area (TPSA) is 66.5 Å². The van der Waals surface area contributed by atoms with E-state index >= 15 is 0 Å². The van der Waals surface area contributed by atoms with E-state index in [4.69, 9.17) is 0 Å². The SMILES string of the molecule is CCCCN(CCCC)S(=O)(=O)c1ccc(NC(=O)Cc2ccc(Br)cc2)cc1. The van der Waals surface area contributed by atoms with Gasteiger partial charge in [-0.05, 0) is 54.8 Å². The Kier molecular flexibility index (Phi) is 9.33. The summed E-state index contributed by atoms with van der Waals surface area (Å²) in [5.74, 6) is -0.143. The lowest BCUT2D eigenvalue weighted by molar-refractivity contribution is -0.115. The van der Waals surface area contributed by atoms with Gasteiger partial charge in [0, 0.05) is 23.2 Å². The number of benzene rings is 2. The van der Waals surface area contributed by atoms with Crippen molar-refractivity contribution in [2.24, 2.45) is 0 Å². The molecule has 29 heavy (non-hydrogen) atoms. The van der Waals surface area contributed by atoms with Crippen LogP contribution in [0.4, 0.5) is 5.69 Å². The lowest BCUT2D eigenvalue weighted by atomic mass is 10.1. The molecular weight excluding hydrogens is 452 g/mol. The molecule has 0 aliphatic carbocycles. The molecule has 0 heterocycles. The number of nitrogens with one attached hydrogen (secondary N) is 1. The first-order valence-corrected chi connectivity index (χ1v) is 12.2. The Morgan fingerprint density at radius 3 is 2.00 bits per heavy atom.